The highest BCUT2D eigenvalue weighted by molar-refractivity contribution is 6.67. The van der Waals surface area contributed by atoms with E-state index >= 15 is 0 Å². The number of para-hydroxylation sites is 1. The van der Waals surface area contributed by atoms with E-state index in [0.717, 1.165) is 25.7 Å². The van der Waals surface area contributed by atoms with Crippen molar-refractivity contribution < 1.29 is 19.1 Å². The van der Waals surface area contributed by atoms with Gasteiger partial charge in [0.25, 0.3) is 0 Å². The first-order chi connectivity index (χ1) is 16.3. The Balaban J connectivity index is 2.23. The Labute approximate surface area is 218 Å². The topological polar surface area (TPSA) is 52.6 Å². The van der Waals surface area contributed by atoms with E-state index in [-0.39, 0.29) is 17.7 Å². The number of alkyl halides is 3. The molecule has 1 rings (SSSR count). The summed E-state index contributed by atoms with van der Waals surface area (Å²) in [4.78, 5) is 24.4. The van der Waals surface area contributed by atoms with Crippen molar-refractivity contribution in [3.63, 3.8) is 0 Å². The van der Waals surface area contributed by atoms with E-state index in [1.807, 2.05) is 0 Å². The predicted molar refractivity (Wildman–Crippen MR) is 142 cm³/mol. The molecule has 1 aromatic carbocycles. The second-order valence-electron chi connectivity index (χ2n) is 7.79. The molecule has 0 radical (unpaired) electrons. The number of esters is 2. The minimum Gasteiger partial charge on any atom is -0.457 e. The van der Waals surface area contributed by atoms with Crippen LogP contribution >= 0.6 is 34.8 Å². The van der Waals surface area contributed by atoms with Crippen molar-refractivity contribution in [3.05, 3.63) is 66.3 Å². The molecule has 0 unspecified atom stereocenters. The summed E-state index contributed by atoms with van der Waals surface area (Å²) in [5.74, 6) is -1.00. The summed E-state index contributed by atoms with van der Waals surface area (Å²) >= 11 is 16.8. The second kappa shape index (κ2) is 18.6. The fraction of sp³-hybridized carbons (Fsp3) is 0.481. The molecule has 0 aliphatic rings. The monoisotopic (exact) mass is 528 g/mol. The maximum Gasteiger partial charge on any atom is 0.342 e. The molecule has 0 atom stereocenters. The summed E-state index contributed by atoms with van der Waals surface area (Å²) in [5.41, 5.74) is 0.105. The van der Waals surface area contributed by atoms with Crippen molar-refractivity contribution in [1.29, 1.82) is 0 Å². The number of unbranched alkanes of at least 4 members (excludes halogenated alkanes) is 5. The van der Waals surface area contributed by atoms with Gasteiger partial charge in [0, 0.05) is 6.42 Å². The van der Waals surface area contributed by atoms with Gasteiger partial charge >= 0.3 is 11.9 Å². The van der Waals surface area contributed by atoms with Gasteiger partial charge in [0.2, 0.25) is 3.79 Å². The summed E-state index contributed by atoms with van der Waals surface area (Å²) in [7, 11) is 0. The van der Waals surface area contributed by atoms with Crippen LogP contribution in [0.2, 0.25) is 0 Å². The molecule has 0 bridgehead atoms. The highest BCUT2D eigenvalue weighted by atomic mass is 35.6. The number of halogens is 3. The quantitative estimate of drug-likeness (QED) is 0.0706. The molecule has 0 spiro atoms. The fourth-order valence-corrected chi connectivity index (χ4v) is 3.11. The number of benzene rings is 1. The molecule has 0 aromatic heterocycles. The number of hydrogen-bond donors (Lipinski definition) is 0. The molecule has 0 aliphatic heterocycles. The second-order valence-corrected chi connectivity index (χ2v) is 10.3. The Morgan fingerprint density at radius 2 is 1.44 bits per heavy atom. The smallest absolute Gasteiger partial charge is 0.342 e. The molecule has 34 heavy (non-hydrogen) atoms. The lowest BCUT2D eigenvalue weighted by atomic mass is 10.1. The van der Waals surface area contributed by atoms with Crippen molar-refractivity contribution in [2.45, 2.75) is 74.9 Å². The maximum atomic E-state index is 12.2. The zero-order chi connectivity index (χ0) is 25.1. The molecule has 0 N–H and O–H groups in total. The molecule has 0 saturated carbocycles. The number of carbonyl (C=O) groups is 2. The van der Waals surface area contributed by atoms with Crippen molar-refractivity contribution >= 4 is 46.7 Å². The Kier molecular flexibility index (Phi) is 16.5. The van der Waals surface area contributed by atoms with Crippen LogP contribution in [-0.2, 0) is 9.53 Å². The molecule has 0 fully saturated rings. The van der Waals surface area contributed by atoms with Gasteiger partial charge in [0.1, 0.15) is 17.9 Å². The highest BCUT2D eigenvalue weighted by Crippen LogP contribution is 2.27. The highest BCUT2D eigenvalue weighted by Gasteiger charge is 2.24. The summed E-state index contributed by atoms with van der Waals surface area (Å²) in [6, 6.07) is 6.32. The minimum absolute atomic E-state index is 0.105. The van der Waals surface area contributed by atoms with Crippen LogP contribution in [0.5, 0.6) is 5.75 Å². The first-order valence-electron chi connectivity index (χ1n) is 11.8. The van der Waals surface area contributed by atoms with Crippen LogP contribution in [0.25, 0.3) is 0 Å². The zero-order valence-corrected chi connectivity index (χ0v) is 22.1. The lowest BCUT2D eigenvalue weighted by Crippen LogP contribution is -2.18. The molecule has 0 aliphatic carbocycles. The average molecular weight is 530 g/mol. The van der Waals surface area contributed by atoms with Gasteiger partial charge in [-0.15, -0.1) is 0 Å². The van der Waals surface area contributed by atoms with E-state index in [2.05, 4.69) is 43.4 Å². The third-order valence-electron chi connectivity index (χ3n) is 4.72. The van der Waals surface area contributed by atoms with E-state index in [4.69, 9.17) is 44.3 Å². The SMILES string of the molecule is CCCCCC=CCC=CCC=CCCCCC(=O)Oc1ccccc1C(=O)OCC(Cl)(Cl)Cl. The van der Waals surface area contributed by atoms with Gasteiger partial charge < -0.3 is 9.47 Å². The number of rotatable bonds is 16. The van der Waals surface area contributed by atoms with E-state index in [1.54, 1.807) is 12.1 Å². The van der Waals surface area contributed by atoms with Crippen molar-refractivity contribution in [2.24, 2.45) is 0 Å². The van der Waals surface area contributed by atoms with E-state index in [0.29, 0.717) is 6.42 Å². The van der Waals surface area contributed by atoms with Gasteiger partial charge in [-0.05, 0) is 57.1 Å². The molecule has 0 amide bonds. The summed E-state index contributed by atoms with van der Waals surface area (Å²) in [6.07, 6.45) is 22.7. The van der Waals surface area contributed by atoms with Gasteiger partial charge in [-0.1, -0.05) is 103 Å². The molecular weight excluding hydrogens is 495 g/mol. The number of carbonyl (C=O) groups excluding carboxylic acids is 2. The maximum absolute atomic E-state index is 12.2. The zero-order valence-electron chi connectivity index (χ0n) is 19.8. The van der Waals surface area contributed by atoms with Crippen LogP contribution < -0.4 is 4.74 Å². The van der Waals surface area contributed by atoms with Crippen LogP contribution in [0.3, 0.4) is 0 Å². The standard InChI is InChI=1S/C27H35Cl3O4/c1-2-3-4-5-6-7-8-9-10-11-12-13-14-15-16-21-25(31)34-24-20-18-17-19-23(24)26(32)33-22-27(28,29)30/h6-7,9-10,12-13,17-20H,2-5,8,11,14-16,21-22H2,1H3. The van der Waals surface area contributed by atoms with Crippen molar-refractivity contribution in [2.75, 3.05) is 6.61 Å². The molecular formula is C27H35Cl3O4. The molecule has 4 nitrogen and oxygen atoms in total. The molecule has 1 aromatic rings. The summed E-state index contributed by atoms with van der Waals surface area (Å²) in [6.45, 7) is 1.81. The van der Waals surface area contributed by atoms with Crippen LogP contribution in [0, 0.1) is 0 Å². The molecule has 0 saturated heterocycles. The van der Waals surface area contributed by atoms with Crippen molar-refractivity contribution in [3.8, 4) is 5.75 Å². The van der Waals surface area contributed by atoms with Gasteiger partial charge in [-0.3, -0.25) is 4.79 Å². The van der Waals surface area contributed by atoms with Gasteiger partial charge in [0.15, 0.2) is 0 Å². The molecule has 188 valence electrons. The number of hydrogen-bond acceptors (Lipinski definition) is 4. The normalized spacial score (nSPS) is 12.1. The third kappa shape index (κ3) is 16.0. The predicted octanol–water partition coefficient (Wildman–Crippen LogP) is 8.71. The summed E-state index contributed by atoms with van der Waals surface area (Å²) < 4.78 is 8.60. The van der Waals surface area contributed by atoms with E-state index in [1.165, 1.54) is 37.8 Å². The van der Waals surface area contributed by atoms with Gasteiger partial charge in [0.05, 0.1) is 0 Å². The Morgan fingerprint density at radius 1 is 0.853 bits per heavy atom. The third-order valence-corrected chi connectivity index (χ3v) is 5.05. The first-order valence-corrected chi connectivity index (χ1v) is 13.0. The Morgan fingerprint density at radius 3 is 2.06 bits per heavy atom. The lowest BCUT2D eigenvalue weighted by molar-refractivity contribution is -0.134. The fourth-order valence-electron chi connectivity index (χ4n) is 2.94. The van der Waals surface area contributed by atoms with Crippen molar-refractivity contribution in [1.82, 2.24) is 0 Å². The largest absolute Gasteiger partial charge is 0.457 e. The van der Waals surface area contributed by atoms with Gasteiger partial charge in [-0.2, -0.15) is 0 Å². The van der Waals surface area contributed by atoms with E-state index < -0.39 is 22.3 Å². The first kappa shape index (κ1) is 30.3. The Hall–Kier alpha value is -1.75. The number of ether oxygens (including phenoxy) is 2. The summed E-state index contributed by atoms with van der Waals surface area (Å²) in [5, 5.41) is 0. The van der Waals surface area contributed by atoms with Crippen LogP contribution in [0.1, 0.15) is 81.5 Å². The Bertz CT molecular complexity index is 810. The van der Waals surface area contributed by atoms with Gasteiger partial charge in [-0.25, -0.2) is 4.79 Å². The average Bonchev–Trinajstić information content (AvgIpc) is 2.80. The lowest BCUT2D eigenvalue weighted by Gasteiger charge is -2.13. The van der Waals surface area contributed by atoms with Crippen LogP contribution in [0.4, 0.5) is 0 Å². The van der Waals surface area contributed by atoms with Crippen LogP contribution in [-0.4, -0.2) is 22.3 Å². The van der Waals surface area contributed by atoms with E-state index in [9.17, 15) is 9.59 Å². The minimum atomic E-state index is -1.71. The van der Waals surface area contributed by atoms with Crippen LogP contribution in [0.15, 0.2) is 60.7 Å². The molecule has 7 heteroatoms. The molecule has 0 heterocycles. The number of allylic oxidation sites excluding steroid dienone is 6.